The summed E-state index contributed by atoms with van der Waals surface area (Å²) in [7, 11) is 0. The molecule has 5 heteroatoms. The number of benzene rings is 1. The van der Waals surface area contributed by atoms with E-state index in [1.165, 1.54) is 10.4 Å². The predicted molar refractivity (Wildman–Crippen MR) is 102 cm³/mol. The smallest absolute Gasteiger partial charge is 0.263 e. The van der Waals surface area contributed by atoms with E-state index in [1.54, 1.807) is 11.3 Å². The van der Waals surface area contributed by atoms with Gasteiger partial charge in [0.1, 0.15) is 5.82 Å². The second-order valence-corrected chi connectivity index (χ2v) is 7.94. The zero-order valence-electron chi connectivity index (χ0n) is 14.7. The molecule has 0 bridgehead atoms. The molecule has 0 spiro atoms. The van der Waals surface area contributed by atoms with E-state index in [0.717, 1.165) is 54.1 Å². The molecule has 1 atom stereocenters. The van der Waals surface area contributed by atoms with Gasteiger partial charge in [-0.1, -0.05) is 19.1 Å². The van der Waals surface area contributed by atoms with Crippen LogP contribution in [0, 0.1) is 6.92 Å². The van der Waals surface area contributed by atoms with Crippen LogP contribution in [0.15, 0.2) is 30.3 Å². The van der Waals surface area contributed by atoms with E-state index in [-0.39, 0.29) is 11.8 Å². The molecular weight excluding hydrogens is 330 g/mol. The Bertz CT molecular complexity index is 878. The fraction of sp³-hybridized carbons (Fsp3) is 0.400. The topological polar surface area (TPSA) is 49.0 Å². The molecule has 1 fully saturated rings. The maximum absolute atomic E-state index is 12.9. The van der Waals surface area contributed by atoms with Gasteiger partial charge in [0.25, 0.3) is 5.91 Å². The molecule has 3 aromatic rings. The summed E-state index contributed by atoms with van der Waals surface area (Å²) in [6, 6.07) is 10.2. The van der Waals surface area contributed by atoms with Gasteiger partial charge in [-0.25, -0.2) is 4.98 Å². The van der Waals surface area contributed by atoms with Gasteiger partial charge in [-0.15, -0.1) is 11.3 Å². The minimum Gasteiger partial charge on any atom is -0.342 e. The third kappa shape index (κ3) is 3.09. The number of rotatable bonds is 3. The van der Waals surface area contributed by atoms with Gasteiger partial charge in [0.2, 0.25) is 0 Å². The van der Waals surface area contributed by atoms with Crippen molar-refractivity contribution in [2.45, 2.75) is 39.0 Å². The molecule has 1 saturated heterocycles. The largest absolute Gasteiger partial charge is 0.342 e. The van der Waals surface area contributed by atoms with Crippen molar-refractivity contribution < 1.29 is 4.79 Å². The van der Waals surface area contributed by atoms with Gasteiger partial charge >= 0.3 is 0 Å². The maximum Gasteiger partial charge on any atom is 0.263 e. The standard InChI is InChI=1S/C20H23N3OS/c1-3-17-13(2)11-18(25-17)20(24)23-10-6-7-14(12-23)19-21-15-8-4-5-9-16(15)22-19/h4-5,8-9,11,14H,3,6-7,10,12H2,1-2H3,(H,21,22)/t14-/m1/s1. The van der Waals surface area contributed by atoms with Crippen LogP contribution in [0.3, 0.4) is 0 Å². The van der Waals surface area contributed by atoms with Crippen molar-refractivity contribution in [3.8, 4) is 0 Å². The number of aromatic amines is 1. The Labute approximate surface area is 151 Å². The van der Waals surface area contributed by atoms with Crippen LogP contribution in [0.2, 0.25) is 0 Å². The Morgan fingerprint density at radius 3 is 3.00 bits per heavy atom. The van der Waals surface area contributed by atoms with Crippen LogP contribution in [0.25, 0.3) is 11.0 Å². The summed E-state index contributed by atoms with van der Waals surface area (Å²) in [5.41, 5.74) is 3.31. The molecule has 1 aliphatic heterocycles. The number of nitrogens with zero attached hydrogens (tertiary/aromatic N) is 2. The second kappa shape index (κ2) is 6.64. The van der Waals surface area contributed by atoms with Crippen molar-refractivity contribution in [1.29, 1.82) is 0 Å². The SMILES string of the molecule is CCc1sc(C(=O)N2CCC[C@@H](c3nc4ccccc4[nH]3)C2)cc1C. The fourth-order valence-corrected chi connectivity index (χ4v) is 4.76. The number of carbonyl (C=O) groups excluding carboxylic acids is 1. The molecule has 0 radical (unpaired) electrons. The lowest BCUT2D eigenvalue weighted by Crippen LogP contribution is -2.39. The molecule has 130 valence electrons. The molecule has 0 unspecified atom stereocenters. The van der Waals surface area contributed by atoms with Crippen LogP contribution in [0.1, 0.15) is 51.6 Å². The van der Waals surface area contributed by atoms with Gasteiger partial charge in [0.05, 0.1) is 15.9 Å². The molecule has 2 aromatic heterocycles. The molecular formula is C20H23N3OS. The first kappa shape index (κ1) is 16.3. The van der Waals surface area contributed by atoms with Crippen molar-refractivity contribution in [2.75, 3.05) is 13.1 Å². The molecule has 1 N–H and O–H groups in total. The number of hydrogen-bond acceptors (Lipinski definition) is 3. The van der Waals surface area contributed by atoms with Crippen LogP contribution in [0.4, 0.5) is 0 Å². The third-order valence-corrected chi connectivity index (χ3v) is 6.42. The molecule has 0 saturated carbocycles. The molecule has 1 aliphatic rings. The second-order valence-electron chi connectivity index (χ2n) is 6.80. The predicted octanol–water partition coefficient (Wildman–Crippen LogP) is 4.52. The summed E-state index contributed by atoms with van der Waals surface area (Å²) in [5.74, 6) is 1.47. The van der Waals surface area contributed by atoms with Gasteiger partial charge in [0, 0.05) is 23.9 Å². The van der Waals surface area contributed by atoms with Crippen LogP contribution in [-0.2, 0) is 6.42 Å². The van der Waals surface area contributed by atoms with Gasteiger partial charge in [-0.2, -0.15) is 0 Å². The molecule has 4 nitrogen and oxygen atoms in total. The number of hydrogen-bond donors (Lipinski definition) is 1. The van der Waals surface area contributed by atoms with Crippen molar-refractivity contribution in [3.05, 3.63) is 51.5 Å². The number of likely N-dealkylation sites (tertiary alicyclic amines) is 1. The number of carbonyl (C=O) groups is 1. The number of aryl methyl sites for hydroxylation is 2. The lowest BCUT2D eigenvalue weighted by atomic mass is 9.97. The van der Waals surface area contributed by atoms with Crippen molar-refractivity contribution in [2.24, 2.45) is 0 Å². The lowest BCUT2D eigenvalue weighted by molar-refractivity contribution is 0.0710. The van der Waals surface area contributed by atoms with E-state index in [1.807, 2.05) is 23.1 Å². The summed E-state index contributed by atoms with van der Waals surface area (Å²) in [6.45, 7) is 5.83. The van der Waals surface area contributed by atoms with E-state index in [2.05, 4.69) is 31.0 Å². The van der Waals surface area contributed by atoms with Crippen LogP contribution < -0.4 is 0 Å². The molecule has 4 rings (SSSR count). The maximum atomic E-state index is 12.9. The summed E-state index contributed by atoms with van der Waals surface area (Å²) in [4.78, 5) is 25.3. The molecule has 1 aromatic carbocycles. The number of thiophene rings is 1. The van der Waals surface area contributed by atoms with Gasteiger partial charge in [0.15, 0.2) is 0 Å². The number of piperidine rings is 1. The first-order valence-electron chi connectivity index (χ1n) is 8.99. The van der Waals surface area contributed by atoms with Crippen molar-refractivity contribution >= 4 is 28.3 Å². The first-order chi connectivity index (χ1) is 12.2. The number of H-pyrrole nitrogens is 1. The van der Waals surface area contributed by atoms with E-state index >= 15 is 0 Å². The Morgan fingerprint density at radius 1 is 1.40 bits per heavy atom. The van der Waals surface area contributed by atoms with Crippen molar-refractivity contribution in [3.63, 3.8) is 0 Å². The minimum atomic E-state index is 0.175. The van der Waals surface area contributed by atoms with Gasteiger partial charge in [-0.3, -0.25) is 4.79 Å². The first-order valence-corrected chi connectivity index (χ1v) is 9.80. The Morgan fingerprint density at radius 2 is 2.24 bits per heavy atom. The van der Waals surface area contributed by atoms with Gasteiger partial charge < -0.3 is 9.88 Å². The van der Waals surface area contributed by atoms with Crippen LogP contribution in [-0.4, -0.2) is 33.9 Å². The molecule has 25 heavy (non-hydrogen) atoms. The summed E-state index contributed by atoms with van der Waals surface area (Å²) < 4.78 is 0. The highest BCUT2D eigenvalue weighted by molar-refractivity contribution is 7.14. The number of aromatic nitrogens is 2. The number of nitrogens with one attached hydrogen (secondary N) is 1. The normalized spacial score (nSPS) is 18.0. The van der Waals surface area contributed by atoms with Crippen LogP contribution in [0.5, 0.6) is 0 Å². The van der Waals surface area contributed by atoms with Crippen molar-refractivity contribution in [1.82, 2.24) is 14.9 Å². The average Bonchev–Trinajstić information content (AvgIpc) is 3.24. The van der Waals surface area contributed by atoms with E-state index < -0.39 is 0 Å². The fourth-order valence-electron chi connectivity index (χ4n) is 3.68. The Balaban J connectivity index is 1.54. The monoisotopic (exact) mass is 353 g/mol. The van der Waals surface area contributed by atoms with Gasteiger partial charge in [-0.05, 0) is 49.9 Å². The Hall–Kier alpha value is -2.14. The number of amides is 1. The lowest BCUT2D eigenvalue weighted by Gasteiger charge is -2.31. The highest BCUT2D eigenvalue weighted by atomic mass is 32.1. The number of imidazole rings is 1. The molecule has 3 heterocycles. The molecule has 1 amide bonds. The highest BCUT2D eigenvalue weighted by Crippen LogP contribution is 2.29. The minimum absolute atomic E-state index is 0.175. The quantitative estimate of drug-likeness (QED) is 0.753. The number of para-hydroxylation sites is 2. The van der Waals surface area contributed by atoms with E-state index in [9.17, 15) is 4.79 Å². The zero-order valence-corrected chi connectivity index (χ0v) is 15.5. The Kier molecular flexibility index (Phi) is 4.34. The summed E-state index contributed by atoms with van der Waals surface area (Å²) in [6.07, 6.45) is 3.09. The third-order valence-electron chi connectivity index (χ3n) is 5.06. The summed E-state index contributed by atoms with van der Waals surface area (Å²) in [5, 5.41) is 0. The van der Waals surface area contributed by atoms with E-state index in [0.29, 0.717) is 0 Å². The average molecular weight is 353 g/mol. The van der Waals surface area contributed by atoms with E-state index in [4.69, 9.17) is 4.98 Å². The number of fused-ring (bicyclic) bond motifs is 1. The zero-order chi connectivity index (χ0) is 17.4. The summed E-state index contributed by atoms with van der Waals surface area (Å²) >= 11 is 1.65. The van der Waals surface area contributed by atoms with Crippen LogP contribution >= 0.6 is 11.3 Å². The molecule has 0 aliphatic carbocycles. The highest BCUT2D eigenvalue weighted by Gasteiger charge is 2.28.